The van der Waals surface area contributed by atoms with Gasteiger partial charge in [0.05, 0.1) is 12.6 Å². The molecular weight excluding hydrogens is 352 g/mol. The lowest BCUT2D eigenvalue weighted by Gasteiger charge is -2.15. The zero-order valence-corrected chi connectivity index (χ0v) is 15.2. The standard InChI is InChI=1S/C20H19ClN2O3/c1-12-6-7-14(21)10-17(12)19(25)22-18-5-3-4-16-15(18)8-9-23(20(16)26)13(2)11-24/h3-10,13,24H,11H2,1-2H3,(H,22,25). The summed E-state index contributed by atoms with van der Waals surface area (Å²) in [7, 11) is 0. The van der Waals surface area contributed by atoms with Crippen molar-refractivity contribution < 1.29 is 9.90 Å². The van der Waals surface area contributed by atoms with Gasteiger partial charge in [-0.3, -0.25) is 9.59 Å². The number of fused-ring (bicyclic) bond motifs is 1. The van der Waals surface area contributed by atoms with Crippen LogP contribution in [0.4, 0.5) is 5.69 Å². The van der Waals surface area contributed by atoms with Crippen LogP contribution < -0.4 is 10.9 Å². The number of aliphatic hydroxyl groups excluding tert-OH is 1. The van der Waals surface area contributed by atoms with Crippen molar-refractivity contribution in [1.29, 1.82) is 0 Å². The number of nitrogens with zero attached hydrogens (tertiary/aromatic N) is 1. The third-order valence-electron chi connectivity index (χ3n) is 4.40. The van der Waals surface area contributed by atoms with Crippen molar-refractivity contribution in [3.05, 3.63) is 75.2 Å². The lowest BCUT2D eigenvalue weighted by molar-refractivity contribution is 0.102. The van der Waals surface area contributed by atoms with Gasteiger partial charge in [-0.25, -0.2) is 0 Å². The summed E-state index contributed by atoms with van der Waals surface area (Å²) in [6, 6.07) is 11.8. The van der Waals surface area contributed by atoms with Gasteiger partial charge in [0.15, 0.2) is 0 Å². The van der Waals surface area contributed by atoms with Gasteiger partial charge in [0, 0.05) is 33.2 Å². The summed E-state index contributed by atoms with van der Waals surface area (Å²) in [5.41, 5.74) is 1.63. The summed E-state index contributed by atoms with van der Waals surface area (Å²) in [6.07, 6.45) is 1.63. The van der Waals surface area contributed by atoms with Gasteiger partial charge in [0.1, 0.15) is 0 Å². The number of hydrogen-bond acceptors (Lipinski definition) is 3. The Morgan fingerprint density at radius 2 is 2.00 bits per heavy atom. The molecule has 0 aliphatic heterocycles. The Balaban J connectivity index is 2.03. The fraction of sp³-hybridized carbons (Fsp3) is 0.200. The molecule has 0 saturated heterocycles. The minimum Gasteiger partial charge on any atom is -0.394 e. The SMILES string of the molecule is Cc1ccc(Cl)cc1C(=O)Nc1cccc2c(=O)n(C(C)CO)ccc12. The van der Waals surface area contributed by atoms with E-state index in [-0.39, 0.29) is 24.1 Å². The summed E-state index contributed by atoms with van der Waals surface area (Å²) < 4.78 is 1.48. The molecule has 0 spiro atoms. The van der Waals surface area contributed by atoms with Gasteiger partial charge >= 0.3 is 0 Å². The molecule has 0 aliphatic rings. The number of pyridine rings is 1. The number of aromatic nitrogens is 1. The van der Waals surface area contributed by atoms with Gasteiger partial charge in [-0.2, -0.15) is 0 Å². The highest BCUT2D eigenvalue weighted by Crippen LogP contribution is 2.23. The molecule has 1 aromatic heterocycles. The van der Waals surface area contributed by atoms with E-state index < -0.39 is 0 Å². The number of anilines is 1. The smallest absolute Gasteiger partial charge is 0.258 e. The van der Waals surface area contributed by atoms with Gasteiger partial charge in [-0.05, 0) is 49.7 Å². The highest BCUT2D eigenvalue weighted by Gasteiger charge is 2.14. The molecule has 0 aliphatic carbocycles. The predicted molar refractivity (Wildman–Crippen MR) is 104 cm³/mol. The number of halogens is 1. The third kappa shape index (κ3) is 3.36. The van der Waals surface area contributed by atoms with Crippen LogP contribution in [0.3, 0.4) is 0 Å². The Kier molecular flexibility index (Phi) is 5.11. The lowest BCUT2D eigenvalue weighted by Crippen LogP contribution is -2.25. The topological polar surface area (TPSA) is 71.3 Å². The average molecular weight is 371 g/mol. The quantitative estimate of drug-likeness (QED) is 0.734. The maximum absolute atomic E-state index is 12.7. The highest BCUT2D eigenvalue weighted by molar-refractivity contribution is 6.31. The summed E-state index contributed by atoms with van der Waals surface area (Å²) in [5.74, 6) is -0.287. The predicted octanol–water partition coefficient (Wildman–Crippen LogP) is 3.77. The maximum atomic E-state index is 12.7. The van der Waals surface area contributed by atoms with Crippen LogP contribution >= 0.6 is 11.6 Å². The van der Waals surface area contributed by atoms with Gasteiger partial charge in [-0.15, -0.1) is 0 Å². The number of rotatable bonds is 4. The Morgan fingerprint density at radius 3 is 2.73 bits per heavy atom. The van der Waals surface area contributed by atoms with E-state index >= 15 is 0 Å². The Labute approximate surface area is 155 Å². The average Bonchev–Trinajstić information content (AvgIpc) is 2.64. The first-order chi connectivity index (χ1) is 12.4. The van der Waals surface area contributed by atoms with E-state index in [0.29, 0.717) is 27.0 Å². The minimum absolute atomic E-state index is 0.129. The largest absolute Gasteiger partial charge is 0.394 e. The molecule has 26 heavy (non-hydrogen) atoms. The highest BCUT2D eigenvalue weighted by atomic mass is 35.5. The second-order valence-electron chi connectivity index (χ2n) is 6.24. The van der Waals surface area contributed by atoms with E-state index in [4.69, 9.17) is 11.6 Å². The van der Waals surface area contributed by atoms with Crippen molar-refractivity contribution in [3.63, 3.8) is 0 Å². The van der Waals surface area contributed by atoms with Crippen LogP contribution in [0.2, 0.25) is 5.02 Å². The molecule has 3 aromatic rings. The summed E-state index contributed by atoms with van der Waals surface area (Å²) in [5, 5.41) is 13.8. The van der Waals surface area contributed by atoms with Crippen molar-refractivity contribution >= 4 is 34.0 Å². The van der Waals surface area contributed by atoms with Gasteiger partial charge in [0.2, 0.25) is 0 Å². The number of aryl methyl sites for hydroxylation is 1. The molecular formula is C20H19ClN2O3. The molecule has 3 rings (SSSR count). The number of amides is 1. The van der Waals surface area contributed by atoms with Crippen LogP contribution in [0.5, 0.6) is 0 Å². The molecule has 2 aromatic carbocycles. The lowest BCUT2D eigenvalue weighted by atomic mass is 10.1. The maximum Gasteiger partial charge on any atom is 0.258 e. The molecule has 2 N–H and O–H groups in total. The van der Waals surface area contributed by atoms with E-state index in [9.17, 15) is 14.7 Å². The molecule has 1 heterocycles. The minimum atomic E-state index is -0.320. The van der Waals surface area contributed by atoms with Gasteiger partial charge < -0.3 is 15.0 Å². The molecule has 1 unspecified atom stereocenters. The summed E-state index contributed by atoms with van der Waals surface area (Å²) in [4.78, 5) is 25.3. The number of benzene rings is 2. The van der Waals surface area contributed by atoms with E-state index in [2.05, 4.69) is 5.32 Å². The van der Waals surface area contributed by atoms with E-state index in [1.165, 1.54) is 4.57 Å². The number of hydrogen-bond donors (Lipinski definition) is 2. The number of carbonyl (C=O) groups excluding carboxylic acids is 1. The van der Waals surface area contributed by atoms with E-state index in [0.717, 1.165) is 5.56 Å². The van der Waals surface area contributed by atoms with Gasteiger partial charge in [0.25, 0.3) is 11.5 Å². The van der Waals surface area contributed by atoms with Crippen LogP contribution in [0.15, 0.2) is 53.5 Å². The number of nitrogens with one attached hydrogen (secondary N) is 1. The molecule has 0 radical (unpaired) electrons. The first kappa shape index (κ1) is 18.2. The van der Waals surface area contributed by atoms with Crippen molar-refractivity contribution in [2.45, 2.75) is 19.9 Å². The van der Waals surface area contributed by atoms with Crippen molar-refractivity contribution in [3.8, 4) is 0 Å². The molecule has 0 saturated carbocycles. The zero-order chi connectivity index (χ0) is 18.8. The number of aliphatic hydroxyl groups is 1. The fourth-order valence-electron chi connectivity index (χ4n) is 2.87. The van der Waals surface area contributed by atoms with Crippen molar-refractivity contribution in [2.24, 2.45) is 0 Å². The molecule has 134 valence electrons. The third-order valence-corrected chi connectivity index (χ3v) is 4.64. The number of carbonyl (C=O) groups is 1. The van der Waals surface area contributed by atoms with Crippen molar-refractivity contribution in [2.75, 3.05) is 11.9 Å². The Morgan fingerprint density at radius 1 is 1.23 bits per heavy atom. The zero-order valence-electron chi connectivity index (χ0n) is 14.5. The van der Waals surface area contributed by atoms with Gasteiger partial charge in [-0.1, -0.05) is 23.7 Å². The van der Waals surface area contributed by atoms with Crippen molar-refractivity contribution in [1.82, 2.24) is 4.57 Å². The van der Waals surface area contributed by atoms with Crippen LogP contribution in [0.25, 0.3) is 10.8 Å². The van der Waals surface area contributed by atoms with Crippen LogP contribution in [0, 0.1) is 6.92 Å². The molecule has 1 amide bonds. The second-order valence-corrected chi connectivity index (χ2v) is 6.68. The molecule has 6 heteroatoms. The van der Waals surface area contributed by atoms with E-state index in [1.807, 2.05) is 6.92 Å². The first-order valence-corrected chi connectivity index (χ1v) is 8.62. The van der Waals surface area contributed by atoms with Crippen LogP contribution in [-0.2, 0) is 0 Å². The molecule has 1 atom stereocenters. The van der Waals surface area contributed by atoms with E-state index in [1.54, 1.807) is 55.6 Å². The first-order valence-electron chi connectivity index (χ1n) is 8.24. The second kappa shape index (κ2) is 7.32. The van der Waals surface area contributed by atoms with Crippen LogP contribution in [-0.4, -0.2) is 22.2 Å². The fourth-order valence-corrected chi connectivity index (χ4v) is 3.04. The summed E-state index contributed by atoms with van der Waals surface area (Å²) in [6.45, 7) is 3.47. The summed E-state index contributed by atoms with van der Waals surface area (Å²) >= 11 is 6.00. The normalized spacial score (nSPS) is 12.2. The monoisotopic (exact) mass is 370 g/mol. The van der Waals surface area contributed by atoms with Crippen LogP contribution in [0.1, 0.15) is 28.9 Å². The molecule has 0 bridgehead atoms. The Bertz CT molecular complexity index is 1040. The molecule has 0 fully saturated rings. The Hall–Kier alpha value is -2.63. The molecule has 5 nitrogen and oxygen atoms in total.